The van der Waals surface area contributed by atoms with Crippen LogP contribution in [0, 0.1) is 13.8 Å². The Morgan fingerprint density at radius 3 is 0.622 bits per heavy atom. The van der Waals surface area contributed by atoms with Gasteiger partial charge in [-0.15, -0.1) is 0 Å². The van der Waals surface area contributed by atoms with Crippen LogP contribution in [0.2, 0.25) is 0 Å². The molecule has 82 heavy (non-hydrogen) atoms. The zero-order chi connectivity index (χ0) is 55.7. The molecule has 0 fully saturated rings. The number of hydrogen-bond acceptors (Lipinski definition) is 10. The van der Waals surface area contributed by atoms with Gasteiger partial charge in [0.15, 0.2) is 0 Å². The van der Waals surface area contributed by atoms with E-state index in [0.29, 0.717) is 57.5 Å². The molecule has 11 aromatic rings. The van der Waals surface area contributed by atoms with Crippen molar-refractivity contribution in [2.24, 2.45) is 20.0 Å². The number of hydrogen-bond donors (Lipinski definition) is 0. The van der Waals surface area contributed by atoms with Gasteiger partial charge in [0.1, 0.15) is 69.0 Å². The van der Waals surface area contributed by atoms with E-state index >= 15 is 0 Å². The predicted molar refractivity (Wildman–Crippen MR) is 330 cm³/mol. The number of aryl methyl sites for hydroxylation is 2. The summed E-state index contributed by atoms with van der Waals surface area (Å²) in [6.45, 7) is 4.10. The standard InChI is InChI=1S/C72H54N4O6/c1-51-18-30-61(31-19-51)77-67-12-5-14-69(44-67)79-63-34-22-57(23-35-63)73-47-53-8-3-10-55(42-53)49-75-59-26-38-65(39-27-59)81-71-16-7-17-72(46-71)82-66-40-28-60(29-41-66)76-50-56-11-4-9-54(43-56)48-74-58-24-36-64(37-25-58)80-70-15-6-13-68(45-70)78-62-32-20-52(2)21-33-62/h3-50H,1-2H3. The van der Waals surface area contributed by atoms with Crippen molar-refractivity contribution in [1.29, 1.82) is 0 Å². The fraction of sp³-hybridized carbons (Fsp3) is 0.0278. The van der Waals surface area contributed by atoms with Crippen molar-refractivity contribution in [2.45, 2.75) is 13.8 Å². The van der Waals surface area contributed by atoms with Crippen LogP contribution in [0.3, 0.4) is 0 Å². The molecule has 0 bridgehead atoms. The highest BCUT2D eigenvalue weighted by molar-refractivity contribution is 5.89. The van der Waals surface area contributed by atoms with E-state index in [1.165, 1.54) is 11.1 Å². The molecule has 10 heteroatoms. The van der Waals surface area contributed by atoms with Gasteiger partial charge in [0.25, 0.3) is 0 Å². The van der Waals surface area contributed by atoms with Crippen LogP contribution >= 0.6 is 0 Å². The van der Waals surface area contributed by atoms with Gasteiger partial charge in [0, 0.05) is 43.1 Å². The van der Waals surface area contributed by atoms with E-state index < -0.39 is 0 Å². The predicted octanol–water partition coefficient (Wildman–Crippen LogP) is 20.1. The van der Waals surface area contributed by atoms with Crippen LogP contribution in [0.5, 0.6) is 69.0 Å². The highest BCUT2D eigenvalue weighted by Gasteiger charge is 2.07. The molecule has 0 amide bonds. The van der Waals surface area contributed by atoms with Crippen LogP contribution in [-0.4, -0.2) is 24.9 Å². The summed E-state index contributed by atoms with van der Waals surface area (Å²) in [5, 5.41) is 0. The minimum Gasteiger partial charge on any atom is -0.457 e. The smallest absolute Gasteiger partial charge is 0.131 e. The Hall–Kier alpha value is -11.1. The Balaban J connectivity index is 0.623. The van der Waals surface area contributed by atoms with Gasteiger partial charge in [-0.1, -0.05) is 90.0 Å². The molecule has 0 unspecified atom stereocenters. The molecule has 0 spiro atoms. The number of aliphatic imine (C=N–C) groups is 4. The first kappa shape index (κ1) is 52.9. The number of ether oxygens (including phenoxy) is 6. The van der Waals surface area contributed by atoms with Crippen molar-refractivity contribution >= 4 is 47.6 Å². The van der Waals surface area contributed by atoms with E-state index in [4.69, 9.17) is 38.4 Å². The molecule has 0 radical (unpaired) electrons. The van der Waals surface area contributed by atoms with Crippen molar-refractivity contribution in [3.05, 3.63) is 300 Å². The molecule has 11 aromatic carbocycles. The summed E-state index contributed by atoms with van der Waals surface area (Å²) in [5.74, 6) is 8.33. The Kier molecular flexibility index (Phi) is 16.8. The topological polar surface area (TPSA) is 105 Å². The van der Waals surface area contributed by atoms with E-state index in [9.17, 15) is 0 Å². The fourth-order valence-electron chi connectivity index (χ4n) is 8.27. The normalized spacial score (nSPS) is 11.3. The lowest BCUT2D eigenvalue weighted by Crippen LogP contribution is -1.88. The molecule has 0 aliphatic rings. The molecule has 0 aromatic heterocycles. The summed E-state index contributed by atoms with van der Waals surface area (Å²) in [4.78, 5) is 18.8. The molecule has 0 aliphatic carbocycles. The molecule has 0 atom stereocenters. The van der Waals surface area contributed by atoms with Gasteiger partial charge < -0.3 is 28.4 Å². The van der Waals surface area contributed by atoms with Crippen LogP contribution in [0.15, 0.2) is 287 Å². The summed E-state index contributed by atoms with van der Waals surface area (Å²) in [7, 11) is 0. The average Bonchev–Trinajstić information content (AvgIpc) is 3.53. The van der Waals surface area contributed by atoms with Gasteiger partial charge in [-0.05, 0) is 206 Å². The summed E-state index contributed by atoms with van der Waals surface area (Å²) in [6.07, 6.45) is 7.34. The SMILES string of the molecule is Cc1ccc(Oc2cccc(Oc3ccc(N=Cc4cccc(C=Nc5ccc(Oc6cccc(Oc7ccc(N=Cc8cccc(C=Nc9ccc(Oc%10cccc(Oc%11ccc(C)cc%11)c%10)cc9)c8)cc7)c6)cc5)c4)cc3)c2)cc1. The van der Waals surface area contributed by atoms with E-state index in [0.717, 1.165) is 56.5 Å². The summed E-state index contributed by atoms with van der Waals surface area (Å²) in [5.41, 5.74) is 9.33. The molecule has 398 valence electrons. The van der Waals surface area contributed by atoms with Crippen molar-refractivity contribution in [1.82, 2.24) is 0 Å². The van der Waals surface area contributed by atoms with E-state index in [1.807, 2.05) is 306 Å². The lowest BCUT2D eigenvalue weighted by molar-refractivity contribution is 0.459. The highest BCUT2D eigenvalue weighted by Crippen LogP contribution is 2.33. The van der Waals surface area contributed by atoms with E-state index in [1.54, 1.807) is 0 Å². The van der Waals surface area contributed by atoms with E-state index in [-0.39, 0.29) is 0 Å². The summed E-state index contributed by atoms with van der Waals surface area (Å²) >= 11 is 0. The molecule has 0 heterocycles. The fourth-order valence-corrected chi connectivity index (χ4v) is 8.27. The molecule has 0 N–H and O–H groups in total. The van der Waals surface area contributed by atoms with Crippen LogP contribution in [-0.2, 0) is 0 Å². The van der Waals surface area contributed by atoms with Gasteiger partial charge in [-0.25, -0.2) is 0 Å². The zero-order valence-electron chi connectivity index (χ0n) is 45.0. The van der Waals surface area contributed by atoms with Crippen molar-refractivity contribution in [3.63, 3.8) is 0 Å². The second-order valence-corrected chi connectivity index (χ2v) is 19.0. The first-order chi connectivity index (χ1) is 40.3. The number of nitrogens with zero attached hydrogens (tertiary/aromatic N) is 4. The average molecular weight is 1070 g/mol. The first-order valence-corrected chi connectivity index (χ1v) is 26.6. The second-order valence-electron chi connectivity index (χ2n) is 19.0. The maximum absolute atomic E-state index is 6.20. The maximum Gasteiger partial charge on any atom is 0.131 e. The number of rotatable bonds is 20. The Morgan fingerprint density at radius 1 is 0.207 bits per heavy atom. The Bertz CT molecular complexity index is 3770. The molecule has 10 nitrogen and oxygen atoms in total. The second kappa shape index (κ2) is 26.0. The highest BCUT2D eigenvalue weighted by atomic mass is 16.5. The molecular weight excluding hydrogens is 1020 g/mol. The molecule has 0 saturated heterocycles. The lowest BCUT2D eigenvalue weighted by Gasteiger charge is -2.09. The molecular formula is C72H54N4O6. The largest absolute Gasteiger partial charge is 0.457 e. The van der Waals surface area contributed by atoms with Crippen molar-refractivity contribution in [2.75, 3.05) is 0 Å². The molecule has 0 aliphatic heterocycles. The third-order valence-corrected chi connectivity index (χ3v) is 12.5. The Labute approximate surface area is 476 Å². The third kappa shape index (κ3) is 15.6. The van der Waals surface area contributed by atoms with Gasteiger partial charge in [0.2, 0.25) is 0 Å². The summed E-state index contributed by atoms with van der Waals surface area (Å²) in [6, 6.07) is 85.2. The van der Waals surface area contributed by atoms with Crippen LogP contribution in [0.1, 0.15) is 33.4 Å². The molecule has 0 saturated carbocycles. The van der Waals surface area contributed by atoms with Crippen molar-refractivity contribution < 1.29 is 28.4 Å². The van der Waals surface area contributed by atoms with Gasteiger partial charge in [-0.3, -0.25) is 20.0 Å². The van der Waals surface area contributed by atoms with E-state index in [2.05, 4.69) is 9.98 Å². The quantitative estimate of drug-likeness (QED) is 0.0704. The minimum absolute atomic E-state index is 0.641. The van der Waals surface area contributed by atoms with Gasteiger partial charge in [0.05, 0.1) is 22.7 Å². The first-order valence-electron chi connectivity index (χ1n) is 26.6. The minimum atomic E-state index is 0.641. The number of benzene rings is 11. The Morgan fingerprint density at radius 2 is 0.402 bits per heavy atom. The van der Waals surface area contributed by atoms with Gasteiger partial charge in [-0.2, -0.15) is 0 Å². The summed E-state index contributed by atoms with van der Waals surface area (Å²) < 4.78 is 36.6. The van der Waals surface area contributed by atoms with Crippen LogP contribution in [0.25, 0.3) is 0 Å². The third-order valence-electron chi connectivity index (χ3n) is 12.5. The van der Waals surface area contributed by atoms with Gasteiger partial charge >= 0.3 is 0 Å². The molecule has 11 rings (SSSR count). The van der Waals surface area contributed by atoms with Crippen LogP contribution in [0.4, 0.5) is 22.7 Å². The zero-order valence-corrected chi connectivity index (χ0v) is 45.0. The lowest BCUT2D eigenvalue weighted by atomic mass is 10.1. The monoisotopic (exact) mass is 1070 g/mol. The van der Waals surface area contributed by atoms with Crippen LogP contribution < -0.4 is 28.4 Å². The maximum atomic E-state index is 6.20. The van der Waals surface area contributed by atoms with Crippen molar-refractivity contribution in [3.8, 4) is 69.0 Å².